The molecule has 6 nitrogen and oxygen atoms in total. The minimum Gasteiger partial charge on any atom is -0.394 e. The summed E-state index contributed by atoms with van der Waals surface area (Å²) >= 11 is 0. The van der Waals surface area contributed by atoms with Crippen molar-refractivity contribution in [1.29, 1.82) is 0 Å². The fourth-order valence-electron chi connectivity index (χ4n) is 0.562. The van der Waals surface area contributed by atoms with E-state index in [-0.39, 0.29) is 26.4 Å². The number of carbonyl (C=O) groups is 1. The van der Waals surface area contributed by atoms with Crippen LogP contribution in [0.25, 0.3) is 0 Å². The highest BCUT2D eigenvalue weighted by molar-refractivity contribution is 5.78. The maximum absolute atomic E-state index is 10.3. The van der Waals surface area contributed by atoms with Gasteiger partial charge in [-0.3, -0.25) is 4.79 Å². The summed E-state index contributed by atoms with van der Waals surface area (Å²) in [6.45, 7) is 0.653. The van der Waals surface area contributed by atoms with Crippen molar-refractivity contribution in [3.63, 3.8) is 0 Å². The van der Waals surface area contributed by atoms with Crippen LogP contribution < -0.4 is 5.73 Å². The van der Waals surface area contributed by atoms with Crippen molar-refractivity contribution in [2.75, 3.05) is 33.0 Å². The Morgan fingerprint density at radius 2 is 1.92 bits per heavy atom. The fourth-order valence-corrected chi connectivity index (χ4v) is 0.562. The molecular weight excluding hydrogens is 178 g/mol. The van der Waals surface area contributed by atoms with E-state index in [2.05, 4.69) is 0 Å². The Balaban J connectivity index is 3.11. The predicted molar refractivity (Wildman–Crippen MR) is 43.9 cm³/mol. The van der Waals surface area contributed by atoms with Gasteiger partial charge in [-0.2, -0.15) is 0 Å². The minimum absolute atomic E-state index is 0.0378. The highest BCUT2D eigenvalue weighted by atomic mass is 16.5. The zero-order valence-electron chi connectivity index (χ0n) is 7.31. The van der Waals surface area contributed by atoms with Gasteiger partial charge in [0.1, 0.15) is 0 Å². The molecular formula is C7H15NO5. The monoisotopic (exact) mass is 193 g/mol. The topological polar surface area (TPSA) is 102 Å². The van der Waals surface area contributed by atoms with Crippen molar-refractivity contribution < 1.29 is 24.5 Å². The molecule has 1 unspecified atom stereocenters. The molecule has 0 rings (SSSR count). The number of aliphatic hydroxyl groups excluding tert-OH is 2. The predicted octanol–water partition coefficient (Wildman–Crippen LogP) is -2.14. The third-order valence-corrected chi connectivity index (χ3v) is 1.21. The molecule has 0 aliphatic carbocycles. The molecule has 0 fully saturated rings. The summed E-state index contributed by atoms with van der Waals surface area (Å²) in [4.78, 5) is 10.3. The highest BCUT2D eigenvalue weighted by Crippen LogP contribution is 1.84. The number of rotatable bonds is 8. The van der Waals surface area contributed by atoms with Crippen LogP contribution in [-0.2, 0) is 14.3 Å². The zero-order valence-corrected chi connectivity index (χ0v) is 7.31. The Morgan fingerprint density at radius 3 is 2.46 bits per heavy atom. The Kier molecular flexibility index (Phi) is 7.51. The van der Waals surface area contributed by atoms with E-state index in [0.29, 0.717) is 6.61 Å². The fraction of sp³-hybridized carbons (Fsp3) is 0.857. The van der Waals surface area contributed by atoms with E-state index < -0.39 is 12.0 Å². The molecule has 1 amide bonds. The van der Waals surface area contributed by atoms with Gasteiger partial charge in [0, 0.05) is 0 Å². The maximum Gasteiger partial charge on any atom is 0.248 e. The van der Waals surface area contributed by atoms with Crippen molar-refractivity contribution in [3.05, 3.63) is 0 Å². The minimum atomic E-state index is -1.27. The van der Waals surface area contributed by atoms with Gasteiger partial charge in [-0.1, -0.05) is 0 Å². The number of hydrogen-bond donors (Lipinski definition) is 3. The lowest BCUT2D eigenvalue weighted by molar-refractivity contribution is -0.129. The van der Waals surface area contributed by atoms with E-state index in [4.69, 9.17) is 25.4 Å². The van der Waals surface area contributed by atoms with Gasteiger partial charge in [0.15, 0.2) is 6.10 Å². The first-order valence-electron chi connectivity index (χ1n) is 3.92. The molecule has 0 saturated heterocycles. The van der Waals surface area contributed by atoms with Gasteiger partial charge < -0.3 is 25.4 Å². The van der Waals surface area contributed by atoms with Crippen LogP contribution in [0, 0.1) is 0 Å². The van der Waals surface area contributed by atoms with Gasteiger partial charge in [-0.05, 0) is 0 Å². The Morgan fingerprint density at radius 1 is 1.31 bits per heavy atom. The lowest BCUT2D eigenvalue weighted by Gasteiger charge is -2.07. The molecule has 0 saturated carbocycles. The van der Waals surface area contributed by atoms with Crippen molar-refractivity contribution in [3.8, 4) is 0 Å². The standard InChI is InChI=1S/C7H15NO5/c8-7(11)6(10)5-13-4-3-12-2-1-9/h6,9-10H,1-5H2,(H2,8,11). The second-order valence-electron chi connectivity index (χ2n) is 2.33. The van der Waals surface area contributed by atoms with Crippen molar-refractivity contribution in [2.24, 2.45) is 5.73 Å². The molecule has 0 aliphatic heterocycles. The molecule has 0 radical (unpaired) electrons. The molecule has 0 aliphatic rings. The summed E-state index contributed by atoms with van der Waals surface area (Å²) in [6, 6.07) is 0. The van der Waals surface area contributed by atoms with E-state index in [1.165, 1.54) is 0 Å². The number of ether oxygens (including phenoxy) is 2. The maximum atomic E-state index is 10.3. The molecule has 0 heterocycles. The molecule has 13 heavy (non-hydrogen) atoms. The summed E-state index contributed by atoms with van der Waals surface area (Å²) < 4.78 is 9.70. The van der Waals surface area contributed by atoms with Crippen LogP contribution in [0.4, 0.5) is 0 Å². The Labute approximate surface area is 76.2 Å². The molecule has 0 aromatic rings. The first kappa shape index (κ1) is 12.3. The van der Waals surface area contributed by atoms with Crippen LogP contribution in [0.2, 0.25) is 0 Å². The van der Waals surface area contributed by atoms with E-state index in [1.54, 1.807) is 0 Å². The lowest BCUT2D eigenvalue weighted by Crippen LogP contribution is -2.32. The summed E-state index contributed by atoms with van der Waals surface area (Å²) in [5.74, 6) is -0.809. The van der Waals surface area contributed by atoms with E-state index >= 15 is 0 Å². The van der Waals surface area contributed by atoms with Crippen LogP contribution in [0.3, 0.4) is 0 Å². The third kappa shape index (κ3) is 7.66. The summed E-state index contributed by atoms with van der Waals surface area (Å²) in [7, 11) is 0. The van der Waals surface area contributed by atoms with Gasteiger partial charge in [-0.25, -0.2) is 0 Å². The number of amides is 1. The van der Waals surface area contributed by atoms with Crippen LogP contribution in [-0.4, -0.2) is 55.3 Å². The first-order chi connectivity index (χ1) is 6.18. The molecule has 6 heteroatoms. The summed E-state index contributed by atoms with van der Waals surface area (Å²) in [5, 5.41) is 17.2. The van der Waals surface area contributed by atoms with Gasteiger partial charge in [0.25, 0.3) is 0 Å². The molecule has 78 valence electrons. The summed E-state index contributed by atoms with van der Waals surface area (Å²) in [5.41, 5.74) is 4.77. The second kappa shape index (κ2) is 7.93. The number of hydrogen-bond acceptors (Lipinski definition) is 5. The SMILES string of the molecule is NC(=O)C(O)COCCOCCO. The van der Waals surface area contributed by atoms with E-state index in [9.17, 15) is 4.79 Å². The van der Waals surface area contributed by atoms with Gasteiger partial charge in [0.2, 0.25) is 5.91 Å². The molecule has 4 N–H and O–H groups in total. The van der Waals surface area contributed by atoms with Crippen molar-refractivity contribution in [1.82, 2.24) is 0 Å². The van der Waals surface area contributed by atoms with Gasteiger partial charge in [-0.15, -0.1) is 0 Å². The van der Waals surface area contributed by atoms with Gasteiger partial charge in [0.05, 0.1) is 33.0 Å². The quantitative estimate of drug-likeness (QED) is 0.382. The molecule has 0 bridgehead atoms. The van der Waals surface area contributed by atoms with Crippen LogP contribution in [0.1, 0.15) is 0 Å². The average Bonchev–Trinajstić information content (AvgIpc) is 2.10. The second-order valence-corrected chi connectivity index (χ2v) is 2.33. The molecule has 0 aromatic heterocycles. The van der Waals surface area contributed by atoms with Crippen molar-refractivity contribution >= 4 is 5.91 Å². The molecule has 1 atom stereocenters. The van der Waals surface area contributed by atoms with Gasteiger partial charge >= 0.3 is 0 Å². The lowest BCUT2D eigenvalue weighted by atomic mass is 10.4. The molecule has 0 spiro atoms. The van der Waals surface area contributed by atoms with Crippen LogP contribution in [0.15, 0.2) is 0 Å². The van der Waals surface area contributed by atoms with Crippen LogP contribution in [0.5, 0.6) is 0 Å². The van der Waals surface area contributed by atoms with Crippen molar-refractivity contribution in [2.45, 2.75) is 6.10 Å². The average molecular weight is 193 g/mol. The van der Waals surface area contributed by atoms with E-state index in [1.807, 2.05) is 0 Å². The van der Waals surface area contributed by atoms with Crippen LogP contribution >= 0.6 is 0 Å². The number of carbonyl (C=O) groups excluding carboxylic acids is 1. The number of aliphatic hydroxyl groups is 2. The molecule has 0 aromatic carbocycles. The Bertz CT molecular complexity index is 141. The number of nitrogens with two attached hydrogens (primary N) is 1. The third-order valence-electron chi connectivity index (χ3n) is 1.21. The smallest absolute Gasteiger partial charge is 0.248 e. The highest BCUT2D eigenvalue weighted by Gasteiger charge is 2.09. The Hall–Kier alpha value is -0.690. The van der Waals surface area contributed by atoms with E-state index in [0.717, 1.165) is 0 Å². The first-order valence-corrected chi connectivity index (χ1v) is 3.92. The normalized spacial score (nSPS) is 12.8. The largest absolute Gasteiger partial charge is 0.394 e. The number of primary amides is 1. The summed E-state index contributed by atoms with van der Waals surface area (Å²) in [6.07, 6.45) is -1.27. The zero-order chi connectivity index (χ0) is 10.1.